The summed E-state index contributed by atoms with van der Waals surface area (Å²) < 4.78 is 5.34. The molecule has 20 heavy (non-hydrogen) atoms. The van der Waals surface area contributed by atoms with Crippen molar-refractivity contribution < 1.29 is 4.52 Å². The van der Waals surface area contributed by atoms with Gasteiger partial charge in [0.25, 0.3) is 0 Å². The number of hydrogen-bond donors (Lipinski definition) is 1. The van der Waals surface area contributed by atoms with Crippen LogP contribution in [0.15, 0.2) is 9.90 Å². The zero-order valence-electron chi connectivity index (χ0n) is 11.6. The largest absolute Gasteiger partial charge is 0.338 e. The molecule has 0 radical (unpaired) electrons. The summed E-state index contributed by atoms with van der Waals surface area (Å²) in [5, 5.41) is 10.6. The predicted molar refractivity (Wildman–Crippen MR) is 76.7 cm³/mol. The van der Waals surface area contributed by atoms with Crippen LogP contribution >= 0.6 is 11.3 Å². The maximum atomic E-state index is 5.34. The summed E-state index contributed by atoms with van der Waals surface area (Å²) in [7, 11) is 0. The van der Waals surface area contributed by atoms with Crippen molar-refractivity contribution in [2.45, 2.75) is 26.3 Å². The van der Waals surface area contributed by atoms with Gasteiger partial charge in [0, 0.05) is 18.5 Å². The summed E-state index contributed by atoms with van der Waals surface area (Å²) in [4.78, 5) is 11.2. The number of hydrogen-bond acceptors (Lipinski definition) is 7. The Morgan fingerprint density at radius 1 is 1.35 bits per heavy atom. The van der Waals surface area contributed by atoms with E-state index in [2.05, 4.69) is 25.3 Å². The second-order valence-corrected chi connectivity index (χ2v) is 6.08. The number of nitrogens with zero attached hydrogens (tertiary/aromatic N) is 4. The Morgan fingerprint density at radius 2 is 2.30 bits per heavy atom. The van der Waals surface area contributed by atoms with Gasteiger partial charge in [0.1, 0.15) is 0 Å². The van der Waals surface area contributed by atoms with Crippen molar-refractivity contribution in [1.29, 1.82) is 0 Å². The van der Waals surface area contributed by atoms with Crippen LogP contribution < -0.4 is 5.32 Å². The van der Waals surface area contributed by atoms with Gasteiger partial charge < -0.3 is 9.84 Å². The number of rotatable bonds is 4. The van der Waals surface area contributed by atoms with E-state index in [1.165, 1.54) is 6.42 Å². The van der Waals surface area contributed by atoms with Crippen LogP contribution in [-0.2, 0) is 13.0 Å². The Hall–Kier alpha value is -1.31. The Kier molecular flexibility index (Phi) is 4.39. The van der Waals surface area contributed by atoms with Gasteiger partial charge in [-0.2, -0.15) is 4.98 Å². The van der Waals surface area contributed by atoms with Gasteiger partial charge in [-0.25, -0.2) is 4.98 Å². The molecule has 1 saturated heterocycles. The van der Waals surface area contributed by atoms with E-state index in [9.17, 15) is 0 Å². The van der Waals surface area contributed by atoms with Crippen LogP contribution in [0.25, 0.3) is 0 Å². The van der Waals surface area contributed by atoms with Gasteiger partial charge in [0.15, 0.2) is 5.82 Å². The van der Waals surface area contributed by atoms with E-state index in [1.807, 2.05) is 12.3 Å². The molecule has 1 aliphatic heterocycles. The average Bonchev–Trinajstić information content (AvgIpc) is 2.94. The summed E-state index contributed by atoms with van der Waals surface area (Å²) >= 11 is 1.65. The molecule has 1 aliphatic rings. The van der Waals surface area contributed by atoms with Crippen molar-refractivity contribution >= 4 is 11.3 Å². The molecule has 0 spiro atoms. The Balaban J connectivity index is 1.58. The standard InChI is InChI=1S/C13H19N5OS/c1-10-15-11(9-20-10)7-12-16-13(19-17-12)8-18-5-2-3-14-4-6-18/h9,14H,2-8H2,1H3. The van der Waals surface area contributed by atoms with Gasteiger partial charge in [0.05, 0.1) is 23.7 Å². The monoisotopic (exact) mass is 293 g/mol. The van der Waals surface area contributed by atoms with E-state index in [4.69, 9.17) is 4.52 Å². The lowest BCUT2D eigenvalue weighted by molar-refractivity contribution is 0.238. The second-order valence-electron chi connectivity index (χ2n) is 5.02. The first kappa shape index (κ1) is 13.7. The van der Waals surface area contributed by atoms with Crippen LogP contribution in [0.3, 0.4) is 0 Å². The Morgan fingerprint density at radius 3 is 3.15 bits per heavy atom. The molecule has 3 heterocycles. The number of thiazole rings is 1. The molecule has 2 aromatic heterocycles. The zero-order valence-corrected chi connectivity index (χ0v) is 12.4. The van der Waals surface area contributed by atoms with Crippen molar-refractivity contribution in [1.82, 2.24) is 25.3 Å². The predicted octanol–water partition coefficient (Wildman–Crippen LogP) is 1.22. The molecular weight excluding hydrogens is 274 g/mol. The summed E-state index contributed by atoms with van der Waals surface area (Å²) in [5.41, 5.74) is 1.01. The highest BCUT2D eigenvalue weighted by molar-refractivity contribution is 7.09. The number of aryl methyl sites for hydroxylation is 1. The topological polar surface area (TPSA) is 67.1 Å². The number of nitrogens with one attached hydrogen (secondary N) is 1. The minimum atomic E-state index is 0.648. The maximum absolute atomic E-state index is 5.34. The van der Waals surface area contributed by atoms with E-state index < -0.39 is 0 Å². The Bertz CT molecular complexity index is 544. The first-order chi connectivity index (χ1) is 9.79. The molecule has 6 nitrogen and oxygen atoms in total. The van der Waals surface area contributed by atoms with Gasteiger partial charge >= 0.3 is 0 Å². The van der Waals surface area contributed by atoms with E-state index in [-0.39, 0.29) is 0 Å². The molecule has 3 rings (SSSR count). The first-order valence-corrected chi connectivity index (χ1v) is 7.83. The maximum Gasteiger partial charge on any atom is 0.240 e. The molecule has 0 unspecified atom stereocenters. The molecular formula is C13H19N5OS. The lowest BCUT2D eigenvalue weighted by atomic mass is 10.3. The van der Waals surface area contributed by atoms with Crippen molar-refractivity contribution in [3.63, 3.8) is 0 Å². The van der Waals surface area contributed by atoms with Crippen molar-refractivity contribution in [2.75, 3.05) is 26.2 Å². The smallest absolute Gasteiger partial charge is 0.240 e. The zero-order chi connectivity index (χ0) is 13.8. The van der Waals surface area contributed by atoms with Gasteiger partial charge in [-0.1, -0.05) is 5.16 Å². The minimum Gasteiger partial charge on any atom is -0.338 e. The van der Waals surface area contributed by atoms with E-state index >= 15 is 0 Å². The fourth-order valence-electron chi connectivity index (χ4n) is 2.33. The van der Waals surface area contributed by atoms with Crippen LogP contribution in [0.5, 0.6) is 0 Å². The van der Waals surface area contributed by atoms with Crippen LogP contribution in [0.2, 0.25) is 0 Å². The van der Waals surface area contributed by atoms with Crippen molar-refractivity contribution in [3.8, 4) is 0 Å². The van der Waals surface area contributed by atoms with E-state index in [0.29, 0.717) is 12.3 Å². The van der Waals surface area contributed by atoms with Crippen LogP contribution in [-0.4, -0.2) is 46.2 Å². The molecule has 0 aliphatic carbocycles. The highest BCUT2D eigenvalue weighted by Crippen LogP contribution is 2.12. The molecule has 108 valence electrons. The van der Waals surface area contributed by atoms with Gasteiger partial charge in [-0.3, -0.25) is 4.90 Å². The Labute approximate surface area is 122 Å². The minimum absolute atomic E-state index is 0.648. The summed E-state index contributed by atoms with van der Waals surface area (Å²) in [6.45, 7) is 6.97. The third-order valence-electron chi connectivity index (χ3n) is 3.31. The SMILES string of the molecule is Cc1nc(Cc2noc(CN3CCCNCC3)n2)cs1. The fourth-order valence-corrected chi connectivity index (χ4v) is 2.94. The molecule has 0 atom stereocenters. The van der Waals surface area contributed by atoms with E-state index in [1.54, 1.807) is 11.3 Å². The van der Waals surface area contributed by atoms with Crippen LogP contribution in [0.4, 0.5) is 0 Å². The fraction of sp³-hybridized carbons (Fsp3) is 0.615. The molecule has 0 amide bonds. The molecule has 1 N–H and O–H groups in total. The molecule has 7 heteroatoms. The molecule has 0 saturated carbocycles. The lowest BCUT2D eigenvalue weighted by Crippen LogP contribution is -2.27. The lowest BCUT2D eigenvalue weighted by Gasteiger charge is -2.16. The van der Waals surface area contributed by atoms with Crippen LogP contribution in [0, 0.1) is 6.92 Å². The summed E-state index contributed by atoms with van der Waals surface area (Å²) in [5.74, 6) is 1.42. The summed E-state index contributed by atoms with van der Waals surface area (Å²) in [6.07, 6.45) is 1.81. The van der Waals surface area contributed by atoms with Gasteiger partial charge in [-0.05, 0) is 26.4 Å². The second kappa shape index (κ2) is 6.43. The van der Waals surface area contributed by atoms with Crippen molar-refractivity contribution in [2.24, 2.45) is 0 Å². The molecule has 0 bridgehead atoms. The number of aromatic nitrogens is 3. The van der Waals surface area contributed by atoms with Gasteiger partial charge in [0.2, 0.25) is 5.89 Å². The third kappa shape index (κ3) is 3.62. The first-order valence-electron chi connectivity index (χ1n) is 6.95. The highest BCUT2D eigenvalue weighted by Gasteiger charge is 2.14. The molecule has 2 aromatic rings. The van der Waals surface area contributed by atoms with E-state index in [0.717, 1.165) is 49.2 Å². The quantitative estimate of drug-likeness (QED) is 0.914. The normalized spacial score (nSPS) is 17.2. The molecule has 1 fully saturated rings. The summed E-state index contributed by atoms with van der Waals surface area (Å²) in [6, 6.07) is 0. The van der Waals surface area contributed by atoms with Crippen molar-refractivity contribution in [3.05, 3.63) is 27.8 Å². The van der Waals surface area contributed by atoms with Gasteiger partial charge in [-0.15, -0.1) is 11.3 Å². The van der Waals surface area contributed by atoms with Crippen LogP contribution in [0.1, 0.15) is 28.8 Å². The average molecular weight is 293 g/mol. The molecule has 0 aromatic carbocycles. The highest BCUT2D eigenvalue weighted by atomic mass is 32.1. The third-order valence-corrected chi connectivity index (χ3v) is 4.13.